The summed E-state index contributed by atoms with van der Waals surface area (Å²) in [4.78, 5) is 30.5. The molecule has 0 amide bonds. The lowest BCUT2D eigenvalue weighted by molar-refractivity contribution is -0.605. The molecule has 2 aromatic heterocycles. The first-order valence-electron chi connectivity index (χ1n) is 16.4. The summed E-state index contributed by atoms with van der Waals surface area (Å²) in [6.07, 6.45) is 3.58. The van der Waals surface area contributed by atoms with E-state index in [0.29, 0.717) is 56.1 Å². The van der Waals surface area contributed by atoms with Gasteiger partial charge in [0.15, 0.2) is 23.9 Å². The Hall–Kier alpha value is -4.07. The summed E-state index contributed by atoms with van der Waals surface area (Å²) in [7, 11) is 6.71. The molecule has 5 rings (SSSR count). The molecule has 272 valence electrons. The molecule has 0 spiro atoms. The normalized spacial score (nSPS) is 14.8. The van der Waals surface area contributed by atoms with Crippen LogP contribution < -0.4 is 24.3 Å². The zero-order valence-electron chi connectivity index (χ0n) is 28.9. The van der Waals surface area contributed by atoms with E-state index >= 15 is 0 Å². The highest BCUT2D eigenvalue weighted by molar-refractivity contribution is 7.13. The van der Waals surface area contributed by atoms with Crippen molar-refractivity contribution in [3.63, 3.8) is 0 Å². The number of ether oxygens (including phenoxy) is 5. The molecule has 11 nitrogen and oxygen atoms in total. The third-order valence-corrected chi connectivity index (χ3v) is 10.5. The number of thiophene rings is 1. The average molecular weight is 759 g/mol. The fourth-order valence-electron chi connectivity index (χ4n) is 5.83. The molecular formula is C37H41Cl2N3O8S. The van der Waals surface area contributed by atoms with Gasteiger partial charge >= 0.3 is 11.9 Å². The maximum atomic E-state index is 13.6. The Morgan fingerprint density at radius 3 is 2.37 bits per heavy atom. The van der Waals surface area contributed by atoms with Crippen LogP contribution in [0.5, 0.6) is 17.2 Å². The van der Waals surface area contributed by atoms with E-state index in [1.54, 1.807) is 31.4 Å². The number of benzene rings is 2. The van der Waals surface area contributed by atoms with Crippen LogP contribution in [0.1, 0.15) is 56.2 Å². The molecule has 51 heavy (non-hydrogen) atoms. The molecule has 3 heterocycles. The highest BCUT2D eigenvalue weighted by Gasteiger charge is 2.27. The van der Waals surface area contributed by atoms with Gasteiger partial charge in [-0.15, -0.1) is 11.3 Å². The van der Waals surface area contributed by atoms with Gasteiger partial charge in [0.05, 0.1) is 27.9 Å². The van der Waals surface area contributed by atoms with Gasteiger partial charge in [-0.25, -0.2) is 9.59 Å². The fraction of sp³-hybridized carbons (Fsp3) is 0.378. The van der Waals surface area contributed by atoms with Gasteiger partial charge in [-0.05, 0) is 86.4 Å². The second kappa shape index (κ2) is 17.9. The molecule has 2 unspecified atom stereocenters. The van der Waals surface area contributed by atoms with Gasteiger partial charge in [0.25, 0.3) is 0 Å². The Kier molecular flexibility index (Phi) is 13.4. The number of nitrogens with one attached hydrogen (secondary N) is 1. The van der Waals surface area contributed by atoms with E-state index in [0.717, 1.165) is 30.8 Å². The molecule has 1 saturated heterocycles. The zero-order valence-corrected chi connectivity index (χ0v) is 31.2. The predicted molar refractivity (Wildman–Crippen MR) is 195 cm³/mol. The summed E-state index contributed by atoms with van der Waals surface area (Å²) in [5, 5.41) is 15.5. The number of carbonyl (C=O) groups is 2. The fourth-order valence-corrected chi connectivity index (χ4v) is 7.27. The van der Waals surface area contributed by atoms with Crippen LogP contribution in [0.4, 0.5) is 0 Å². The minimum absolute atomic E-state index is 0.0847. The number of esters is 2. The van der Waals surface area contributed by atoms with E-state index < -0.39 is 18.1 Å². The first-order valence-corrected chi connectivity index (χ1v) is 18.0. The summed E-state index contributed by atoms with van der Waals surface area (Å²) in [6.45, 7) is 2.61. The van der Waals surface area contributed by atoms with Crippen LogP contribution in [-0.4, -0.2) is 64.9 Å². The number of aromatic nitrogens is 1. The number of piperidine rings is 1. The van der Waals surface area contributed by atoms with Crippen LogP contribution in [0, 0.1) is 11.1 Å². The van der Waals surface area contributed by atoms with Gasteiger partial charge in [-0.2, -0.15) is 4.73 Å². The molecule has 14 heteroatoms. The number of hydrogen-bond acceptors (Lipinski definition) is 11. The molecule has 1 N–H and O–H groups in total. The number of nitrogens with zero attached hydrogens (tertiary/aromatic N) is 2. The van der Waals surface area contributed by atoms with Gasteiger partial charge in [-0.1, -0.05) is 41.4 Å². The second-order valence-electron chi connectivity index (χ2n) is 12.2. The quantitative estimate of drug-likeness (QED) is 0.0810. The molecule has 0 radical (unpaired) electrons. The van der Waals surface area contributed by atoms with Crippen LogP contribution in [0.25, 0.3) is 0 Å². The summed E-state index contributed by atoms with van der Waals surface area (Å²) >= 11 is 14.0. The number of methoxy groups -OCH3 is 3. The predicted octanol–water partition coefficient (Wildman–Crippen LogP) is 6.57. The maximum Gasteiger partial charge on any atom is 0.348 e. The van der Waals surface area contributed by atoms with Gasteiger partial charge < -0.3 is 33.8 Å². The summed E-state index contributed by atoms with van der Waals surface area (Å²) in [5.74, 6) is 0.938. The Morgan fingerprint density at radius 2 is 1.69 bits per heavy atom. The van der Waals surface area contributed by atoms with Crippen LogP contribution in [0.3, 0.4) is 0 Å². The lowest BCUT2D eigenvalue weighted by Crippen LogP contribution is -2.34. The van der Waals surface area contributed by atoms with Crippen molar-refractivity contribution >= 4 is 46.5 Å². The third-order valence-electron chi connectivity index (χ3n) is 8.78. The van der Waals surface area contributed by atoms with Crippen molar-refractivity contribution in [1.82, 2.24) is 10.2 Å². The van der Waals surface area contributed by atoms with Crippen LogP contribution in [-0.2, 0) is 27.2 Å². The monoisotopic (exact) mass is 757 g/mol. The minimum Gasteiger partial charge on any atom is -0.619 e. The SMILES string of the molecule is COc1cccc(C(NCc2ccc(C(=O)OC(Cc3c(Cl)c[n+]([O-])cc3Cl)c3ccc(OC)c(OC)c3)s2)C(=O)OCC2CCN(C)CC2)c1. The van der Waals surface area contributed by atoms with Crippen molar-refractivity contribution in [1.29, 1.82) is 0 Å². The zero-order chi connectivity index (χ0) is 36.5. The summed E-state index contributed by atoms with van der Waals surface area (Å²) < 4.78 is 28.7. The van der Waals surface area contributed by atoms with Gasteiger partial charge in [0.1, 0.15) is 32.8 Å². The maximum absolute atomic E-state index is 13.6. The first-order chi connectivity index (χ1) is 24.6. The number of hydrogen-bond donors (Lipinski definition) is 1. The lowest BCUT2D eigenvalue weighted by atomic mass is 9.98. The Bertz CT molecular complexity index is 1790. The number of carbonyl (C=O) groups excluding carboxylic acids is 2. The average Bonchev–Trinajstić information content (AvgIpc) is 3.61. The Morgan fingerprint density at radius 1 is 0.961 bits per heavy atom. The molecular weight excluding hydrogens is 717 g/mol. The van der Waals surface area contributed by atoms with Crippen LogP contribution in [0.2, 0.25) is 10.0 Å². The van der Waals surface area contributed by atoms with Crippen molar-refractivity contribution in [2.75, 3.05) is 48.1 Å². The van der Waals surface area contributed by atoms with Crippen molar-refractivity contribution in [3.8, 4) is 17.2 Å². The van der Waals surface area contributed by atoms with E-state index in [2.05, 4.69) is 17.3 Å². The van der Waals surface area contributed by atoms with Crippen molar-refractivity contribution < 1.29 is 38.0 Å². The van der Waals surface area contributed by atoms with E-state index in [1.807, 2.05) is 30.3 Å². The highest BCUT2D eigenvalue weighted by Crippen LogP contribution is 2.36. The van der Waals surface area contributed by atoms with E-state index in [1.165, 1.54) is 38.0 Å². The van der Waals surface area contributed by atoms with Crippen molar-refractivity contribution in [3.05, 3.63) is 109 Å². The number of halogens is 2. The minimum atomic E-state index is -0.852. The van der Waals surface area contributed by atoms with Crippen LogP contribution in [0.15, 0.2) is 67.0 Å². The van der Waals surface area contributed by atoms with Crippen LogP contribution >= 0.6 is 34.5 Å². The smallest absolute Gasteiger partial charge is 0.348 e. The molecule has 2 atom stereocenters. The molecule has 0 bridgehead atoms. The molecule has 0 aliphatic carbocycles. The summed E-state index contributed by atoms with van der Waals surface area (Å²) in [5.41, 5.74) is 1.75. The molecule has 1 fully saturated rings. The molecule has 1 aliphatic rings. The van der Waals surface area contributed by atoms with Crippen molar-refractivity contribution in [2.45, 2.75) is 38.0 Å². The molecule has 1 aliphatic heterocycles. The van der Waals surface area contributed by atoms with E-state index in [9.17, 15) is 14.8 Å². The summed E-state index contributed by atoms with van der Waals surface area (Å²) in [6, 6.07) is 15.2. The van der Waals surface area contributed by atoms with E-state index in [4.69, 9.17) is 46.9 Å². The highest BCUT2D eigenvalue weighted by atomic mass is 35.5. The molecule has 0 saturated carbocycles. The standard InChI is InChI=1S/C37H41Cl2N3O8S/c1-41-14-12-23(13-15-41)22-49-37(44)35(25-6-5-7-26(16-25)46-2)40-19-27-9-11-34(51-27)36(43)50-32(18-28-29(38)20-42(45)21-30(28)39)24-8-10-31(47-3)33(17-24)48-4/h5-11,16-17,20-21,23,32,35,40H,12-15,18-19,22H2,1-4H3. The second-order valence-corrected chi connectivity index (χ2v) is 14.2. The van der Waals surface area contributed by atoms with Gasteiger partial charge in [-0.3, -0.25) is 5.32 Å². The molecule has 2 aromatic carbocycles. The van der Waals surface area contributed by atoms with Gasteiger partial charge in [0, 0.05) is 23.4 Å². The largest absolute Gasteiger partial charge is 0.619 e. The Balaban J connectivity index is 1.32. The van der Waals surface area contributed by atoms with Crippen molar-refractivity contribution in [2.24, 2.45) is 5.92 Å². The lowest BCUT2D eigenvalue weighted by Gasteiger charge is -2.29. The first kappa shape index (κ1) is 38.2. The number of rotatable bonds is 15. The number of pyridine rings is 1. The van der Waals surface area contributed by atoms with Gasteiger partial charge in [0.2, 0.25) is 0 Å². The van der Waals surface area contributed by atoms with E-state index in [-0.39, 0.29) is 29.0 Å². The topological polar surface area (TPSA) is 122 Å². The molecule has 4 aromatic rings. The Labute approximate surface area is 311 Å². The number of likely N-dealkylation sites (tertiary alicyclic amines) is 1. The third kappa shape index (κ3) is 10.0.